The Bertz CT molecular complexity index is 235. The van der Waals surface area contributed by atoms with E-state index in [0.29, 0.717) is 18.4 Å². The van der Waals surface area contributed by atoms with Gasteiger partial charge in [-0.25, -0.2) is 0 Å². The zero-order valence-corrected chi connectivity index (χ0v) is 11.2. The normalized spacial score (nSPS) is 29.6. The first-order chi connectivity index (χ1) is 7.58. The second-order valence-corrected chi connectivity index (χ2v) is 6.17. The monoisotopic (exact) mass is 244 g/mol. The fourth-order valence-corrected chi connectivity index (χ4v) is 3.32. The first-order valence-corrected chi connectivity index (χ1v) is 6.92. The maximum atomic E-state index is 5.86. The van der Waals surface area contributed by atoms with E-state index in [1.54, 1.807) is 0 Å². The molecule has 1 rings (SSSR count). The van der Waals surface area contributed by atoms with Gasteiger partial charge < -0.3 is 15.8 Å². The first-order valence-electron chi connectivity index (χ1n) is 5.87. The number of rotatable bonds is 7. The molecular weight excluding hydrogens is 220 g/mol. The molecule has 3 nitrogen and oxygen atoms in total. The minimum atomic E-state index is 0.136. The highest BCUT2D eigenvalue weighted by atomic mass is 32.2. The van der Waals surface area contributed by atoms with Crippen molar-refractivity contribution in [1.82, 2.24) is 5.32 Å². The van der Waals surface area contributed by atoms with Crippen molar-refractivity contribution < 1.29 is 4.74 Å². The standard InChI is InChI=1S/C12H24N2OS/c1-10(2)7-15-5-4-14-12(8-13)6-11(3)16-9-12/h11,14H,1,4-9,13H2,2-3H3. The molecule has 16 heavy (non-hydrogen) atoms. The topological polar surface area (TPSA) is 47.3 Å². The van der Waals surface area contributed by atoms with Crippen molar-refractivity contribution in [1.29, 1.82) is 0 Å². The molecule has 1 aliphatic heterocycles. The smallest absolute Gasteiger partial charge is 0.0672 e. The van der Waals surface area contributed by atoms with Crippen LogP contribution in [0.25, 0.3) is 0 Å². The quantitative estimate of drug-likeness (QED) is 0.525. The third kappa shape index (κ3) is 4.45. The molecule has 0 bridgehead atoms. The Morgan fingerprint density at radius 2 is 2.44 bits per heavy atom. The highest BCUT2D eigenvalue weighted by Gasteiger charge is 2.36. The van der Waals surface area contributed by atoms with E-state index < -0.39 is 0 Å². The summed E-state index contributed by atoms with van der Waals surface area (Å²) in [6, 6.07) is 0. The van der Waals surface area contributed by atoms with Crippen LogP contribution in [0.1, 0.15) is 20.3 Å². The van der Waals surface area contributed by atoms with E-state index in [1.165, 1.54) is 0 Å². The molecule has 0 aromatic rings. The fraction of sp³-hybridized carbons (Fsp3) is 0.833. The molecule has 1 saturated heterocycles. The van der Waals surface area contributed by atoms with Gasteiger partial charge in [-0.2, -0.15) is 11.8 Å². The molecule has 0 aliphatic carbocycles. The first kappa shape index (κ1) is 14.0. The van der Waals surface area contributed by atoms with Gasteiger partial charge in [0, 0.05) is 29.6 Å². The van der Waals surface area contributed by atoms with Crippen molar-refractivity contribution in [2.75, 3.05) is 32.1 Å². The molecule has 4 heteroatoms. The number of hydrogen-bond donors (Lipinski definition) is 2. The van der Waals surface area contributed by atoms with Gasteiger partial charge in [0.1, 0.15) is 0 Å². The minimum Gasteiger partial charge on any atom is -0.376 e. The number of ether oxygens (including phenoxy) is 1. The summed E-state index contributed by atoms with van der Waals surface area (Å²) < 4.78 is 5.46. The van der Waals surface area contributed by atoms with Crippen molar-refractivity contribution in [2.45, 2.75) is 31.1 Å². The summed E-state index contributed by atoms with van der Waals surface area (Å²) in [4.78, 5) is 0. The zero-order chi connectivity index (χ0) is 12.0. The van der Waals surface area contributed by atoms with Crippen molar-refractivity contribution in [3.63, 3.8) is 0 Å². The molecule has 2 atom stereocenters. The summed E-state index contributed by atoms with van der Waals surface area (Å²) in [6.07, 6.45) is 1.16. The van der Waals surface area contributed by atoms with Gasteiger partial charge in [-0.3, -0.25) is 0 Å². The Morgan fingerprint density at radius 1 is 1.69 bits per heavy atom. The lowest BCUT2D eigenvalue weighted by molar-refractivity contribution is 0.149. The van der Waals surface area contributed by atoms with Crippen LogP contribution < -0.4 is 11.1 Å². The number of nitrogens with one attached hydrogen (secondary N) is 1. The highest BCUT2D eigenvalue weighted by Crippen LogP contribution is 2.33. The third-order valence-corrected chi connectivity index (χ3v) is 4.26. The van der Waals surface area contributed by atoms with Crippen LogP contribution in [-0.4, -0.2) is 42.8 Å². The lowest BCUT2D eigenvalue weighted by Crippen LogP contribution is -2.52. The average molecular weight is 244 g/mol. The summed E-state index contributed by atoms with van der Waals surface area (Å²) in [5.74, 6) is 1.12. The van der Waals surface area contributed by atoms with Crippen LogP contribution in [-0.2, 0) is 4.74 Å². The van der Waals surface area contributed by atoms with Gasteiger partial charge in [-0.1, -0.05) is 19.1 Å². The number of thioether (sulfide) groups is 1. The van der Waals surface area contributed by atoms with E-state index in [1.807, 2.05) is 18.7 Å². The van der Waals surface area contributed by atoms with E-state index in [-0.39, 0.29) is 5.54 Å². The van der Waals surface area contributed by atoms with Gasteiger partial charge in [0.15, 0.2) is 0 Å². The Kier molecular flexibility index (Phi) is 5.83. The Labute approximate surface area is 103 Å². The van der Waals surface area contributed by atoms with Gasteiger partial charge in [0.25, 0.3) is 0 Å². The molecule has 3 N–H and O–H groups in total. The second-order valence-electron chi connectivity index (χ2n) is 4.75. The number of nitrogens with two attached hydrogens (primary N) is 1. The average Bonchev–Trinajstić information content (AvgIpc) is 2.60. The van der Waals surface area contributed by atoms with Crippen LogP contribution in [0.5, 0.6) is 0 Å². The van der Waals surface area contributed by atoms with Crippen LogP contribution >= 0.6 is 11.8 Å². The predicted octanol–water partition coefficient (Wildman–Crippen LogP) is 1.39. The lowest BCUT2D eigenvalue weighted by Gasteiger charge is -2.28. The molecule has 0 spiro atoms. The molecule has 0 radical (unpaired) electrons. The summed E-state index contributed by atoms with van der Waals surface area (Å²) in [5.41, 5.74) is 7.07. The molecule has 0 aromatic carbocycles. The van der Waals surface area contributed by atoms with Gasteiger partial charge in [0.05, 0.1) is 13.2 Å². The molecule has 1 fully saturated rings. The molecular formula is C12H24N2OS. The maximum Gasteiger partial charge on any atom is 0.0672 e. The van der Waals surface area contributed by atoms with Gasteiger partial charge >= 0.3 is 0 Å². The Morgan fingerprint density at radius 3 is 2.94 bits per heavy atom. The van der Waals surface area contributed by atoms with Crippen molar-refractivity contribution >= 4 is 11.8 Å². The van der Waals surface area contributed by atoms with Gasteiger partial charge in [0.2, 0.25) is 0 Å². The van der Waals surface area contributed by atoms with Crippen molar-refractivity contribution in [3.05, 3.63) is 12.2 Å². The largest absolute Gasteiger partial charge is 0.376 e. The summed E-state index contributed by atoms with van der Waals surface area (Å²) >= 11 is 2.00. The van der Waals surface area contributed by atoms with Crippen LogP contribution in [0, 0.1) is 0 Å². The van der Waals surface area contributed by atoms with Gasteiger partial charge in [-0.15, -0.1) is 0 Å². The SMILES string of the molecule is C=C(C)COCCNC1(CN)CSC(C)C1. The molecule has 94 valence electrons. The molecule has 2 unspecified atom stereocenters. The van der Waals surface area contributed by atoms with Crippen molar-refractivity contribution in [3.8, 4) is 0 Å². The highest BCUT2D eigenvalue weighted by molar-refractivity contribution is 8.00. The van der Waals surface area contributed by atoms with Crippen LogP contribution in [0.2, 0.25) is 0 Å². The van der Waals surface area contributed by atoms with Crippen LogP contribution in [0.15, 0.2) is 12.2 Å². The van der Waals surface area contributed by atoms with E-state index in [4.69, 9.17) is 10.5 Å². The van der Waals surface area contributed by atoms with Gasteiger partial charge in [-0.05, 0) is 13.3 Å². The fourth-order valence-electron chi connectivity index (χ4n) is 1.94. The van der Waals surface area contributed by atoms with E-state index in [9.17, 15) is 0 Å². The van der Waals surface area contributed by atoms with E-state index in [0.717, 1.165) is 30.9 Å². The maximum absolute atomic E-state index is 5.86. The number of hydrogen-bond acceptors (Lipinski definition) is 4. The Balaban J connectivity index is 2.17. The molecule has 0 amide bonds. The Hall–Kier alpha value is -0.0300. The van der Waals surface area contributed by atoms with Crippen molar-refractivity contribution in [2.24, 2.45) is 5.73 Å². The molecule has 0 saturated carbocycles. The van der Waals surface area contributed by atoms with E-state index >= 15 is 0 Å². The minimum absolute atomic E-state index is 0.136. The summed E-state index contributed by atoms with van der Waals surface area (Å²) in [7, 11) is 0. The molecule has 1 heterocycles. The summed E-state index contributed by atoms with van der Waals surface area (Å²) in [5, 5.41) is 4.26. The predicted molar refractivity (Wildman–Crippen MR) is 72.0 cm³/mol. The second kappa shape index (κ2) is 6.64. The summed E-state index contributed by atoms with van der Waals surface area (Å²) in [6.45, 7) is 11.0. The molecule has 1 aliphatic rings. The molecule has 0 aromatic heterocycles. The van der Waals surface area contributed by atoms with Crippen LogP contribution in [0.4, 0.5) is 0 Å². The lowest BCUT2D eigenvalue weighted by atomic mass is 9.96. The van der Waals surface area contributed by atoms with Crippen LogP contribution in [0.3, 0.4) is 0 Å². The van der Waals surface area contributed by atoms with E-state index in [2.05, 4.69) is 18.8 Å². The zero-order valence-electron chi connectivity index (χ0n) is 10.4. The third-order valence-electron chi connectivity index (χ3n) is 2.81.